The van der Waals surface area contributed by atoms with Crippen LogP contribution in [0.1, 0.15) is 5.56 Å². The van der Waals surface area contributed by atoms with Gasteiger partial charge < -0.3 is 4.74 Å². The van der Waals surface area contributed by atoms with E-state index in [1.54, 1.807) is 19.1 Å². The van der Waals surface area contributed by atoms with E-state index in [4.69, 9.17) is 16.3 Å². The number of benzene rings is 1. The molecule has 1 fully saturated rings. The second-order valence-electron chi connectivity index (χ2n) is 4.97. The lowest BCUT2D eigenvalue weighted by molar-refractivity contribution is 0.402. The molecule has 1 aromatic carbocycles. The molecule has 6 nitrogen and oxygen atoms in total. The molecule has 1 aromatic rings. The van der Waals surface area contributed by atoms with Crippen LogP contribution in [0.2, 0.25) is 0 Å². The van der Waals surface area contributed by atoms with Crippen LogP contribution in [0, 0.1) is 6.92 Å². The number of rotatable bonds is 4. The fourth-order valence-corrected chi connectivity index (χ4v) is 6.43. The number of halogens is 1. The average Bonchev–Trinajstić information content (AvgIpc) is 2.61. The fourth-order valence-electron chi connectivity index (χ4n) is 2.17. The van der Waals surface area contributed by atoms with Crippen molar-refractivity contribution < 1.29 is 21.6 Å². The predicted molar refractivity (Wildman–Crippen MR) is 80.1 cm³/mol. The van der Waals surface area contributed by atoms with E-state index in [-0.39, 0.29) is 22.2 Å². The van der Waals surface area contributed by atoms with Crippen LogP contribution in [0.25, 0.3) is 0 Å². The van der Waals surface area contributed by atoms with Crippen LogP contribution in [-0.4, -0.2) is 46.9 Å². The number of sulfonamides is 1. The number of hydrogen-bond donors (Lipinski definition) is 1. The third-order valence-corrected chi connectivity index (χ3v) is 7.08. The van der Waals surface area contributed by atoms with Gasteiger partial charge in [0.2, 0.25) is 10.0 Å². The number of nitrogens with one attached hydrogen (secondary N) is 1. The highest BCUT2D eigenvalue weighted by molar-refractivity contribution is 7.92. The normalized spacial score (nSPS) is 24.9. The van der Waals surface area contributed by atoms with Gasteiger partial charge in [-0.05, 0) is 24.6 Å². The zero-order valence-corrected chi connectivity index (χ0v) is 13.9. The molecular weight excluding hydrogens is 338 g/mol. The molecule has 0 aliphatic carbocycles. The monoisotopic (exact) mass is 353 g/mol. The molecule has 2 atom stereocenters. The summed E-state index contributed by atoms with van der Waals surface area (Å²) in [4.78, 5) is -0.0295. The van der Waals surface area contributed by atoms with Crippen LogP contribution >= 0.6 is 11.6 Å². The van der Waals surface area contributed by atoms with Gasteiger partial charge in [0.25, 0.3) is 0 Å². The van der Waals surface area contributed by atoms with Gasteiger partial charge in [-0.2, -0.15) is 0 Å². The zero-order valence-electron chi connectivity index (χ0n) is 11.5. The van der Waals surface area contributed by atoms with Crippen molar-refractivity contribution in [1.82, 2.24) is 4.72 Å². The van der Waals surface area contributed by atoms with Gasteiger partial charge in [-0.1, -0.05) is 6.07 Å². The molecule has 0 amide bonds. The molecule has 9 heteroatoms. The van der Waals surface area contributed by atoms with Gasteiger partial charge in [-0.3, -0.25) is 0 Å². The van der Waals surface area contributed by atoms with E-state index in [2.05, 4.69) is 4.72 Å². The van der Waals surface area contributed by atoms with Crippen LogP contribution in [0.5, 0.6) is 5.75 Å². The van der Waals surface area contributed by atoms with Crippen molar-refractivity contribution in [1.29, 1.82) is 0 Å². The summed E-state index contributed by atoms with van der Waals surface area (Å²) in [5.74, 6) is -0.332. The maximum absolute atomic E-state index is 12.4. The maximum Gasteiger partial charge on any atom is 0.244 e. The standard InChI is InChI=1S/C12H16ClNO5S2/c1-8-3-4-11(19-2)12(5-8)21(17,18)14-10-7-20(15,16)6-9(10)13/h3-5,9-10,14H,6-7H2,1-2H3/t9-,10+/m0/s1. The van der Waals surface area contributed by atoms with Crippen molar-refractivity contribution in [2.75, 3.05) is 18.6 Å². The molecule has 1 aliphatic rings. The largest absolute Gasteiger partial charge is 0.495 e. The number of hydrogen-bond acceptors (Lipinski definition) is 5. The van der Waals surface area contributed by atoms with Crippen LogP contribution in [-0.2, 0) is 19.9 Å². The number of aryl methyl sites for hydroxylation is 1. The van der Waals surface area contributed by atoms with Crippen molar-refractivity contribution in [3.63, 3.8) is 0 Å². The van der Waals surface area contributed by atoms with E-state index < -0.39 is 31.3 Å². The first-order valence-electron chi connectivity index (χ1n) is 6.16. The molecule has 0 unspecified atom stereocenters. The van der Waals surface area contributed by atoms with Crippen LogP contribution < -0.4 is 9.46 Å². The van der Waals surface area contributed by atoms with Gasteiger partial charge in [-0.15, -0.1) is 11.6 Å². The molecule has 118 valence electrons. The average molecular weight is 354 g/mol. The Morgan fingerprint density at radius 1 is 1.33 bits per heavy atom. The third-order valence-electron chi connectivity index (χ3n) is 3.20. The lowest BCUT2D eigenvalue weighted by Gasteiger charge is -2.16. The molecule has 1 heterocycles. The Balaban J connectivity index is 2.34. The molecule has 0 radical (unpaired) electrons. The Morgan fingerprint density at radius 3 is 2.52 bits per heavy atom. The van der Waals surface area contributed by atoms with Crippen molar-refractivity contribution in [3.05, 3.63) is 23.8 Å². The Hall–Kier alpha value is -0.830. The first kappa shape index (κ1) is 16.5. The first-order chi connectivity index (χ1) is 9.64. The maximum atomic E-state index is 12.4. The zero-order chi connectivity index (χ0) is 15.8. The Bertz CT molecular complexity index is 745. The summed E-state index contributed by atoms with van der Waals surface area (Å²) in [7, 11) is -5.86. The summed E-state index contributed by atoms with van der Waals surface area (Å²) in [6.45, 7) is 1.75. The molecule has 2 rings (SSSR count). The SMILES string of the molecule is COc1ccc(C)cc1S(=O)(=O)N[C@@H]1CS(=O)(=O)C[C@@H]1Cl. The summed E-state index contributed by atoms with van der Waals surface area (Å²) >= 11 is 5.92. The Morgan fingerprint density at radius 2 is 2.00 bits per heavy atom. The molecule has 1 saturated heterocycles. The van der Waals surface area contributed by atoms with Crippen LogP contribution in [0.3, 0.4) is 0 Å². The molecule has 1 N–H and O–H groups in total. The van der Waals surface area contributed by atoms with E-state index in [0.29, 0.717) is 0 Å². The highest BCUT2D eigenvalue weighted by Crippen LogP contribution is 2.26. The van der Waals surface area contributed by atoms with E-state index in [1.807, 2.05) is 0 Å². The van der Waals surface area contributed by atoms with Crippen molar-refractivity contribution >= 4 is 31.5 Å². The van der Waals surface area contributed by atoms with E-state index in [0.717, 1.165) is 5.56 Å². The fraction of sp³-hybridized carbons (Fsp3) is 0.500. The van der Waals surface area contributed by atoms with Gasteiger partial charge in [0, 0.05) is 0 Å². The molecule has 0 saturated carbocycles. The molecule has 21 heavy (non-hydrogen) atoms. The number of ether oxygens (including phenoxy) is 1. The summed E-state index contributed by atoms with van der Waals surface area (Å²) in [5.41, 5.74) is 0.748. The van der Waals surface area contributed by atoms with E-state index in [1.165, 1.54) is 13.2 Å². The minimum absolute atomic E-state index is 0.0295. The topological polar surface area (TPSA) is 89.5 Å². The minimum atomic E-state index is -3.92. The molecule has 0 aromatic heterocycles. The van der Waals surface area contributed by atoms with E-state index >= 15 is 0 Å². The number of alkyl halides is 1. The van der Waals surface area contributed by atoms with Crippen molar-refractivity contribution in [3.8, 4) is 5.75 Å². The molecule has 1 aliphatic heterocycles. The minimum Gasteiger partial charge on any atom is -0.495 e. The Kier molecular flexibility index (Phi) is 4.53. The van der Waals surface area contributed by atoms with E-state index in [9.17, 15) is 16.8 Å². The lowest BCUT2D eigenvalue weighted by atomic mass is 10.2. The summed E-state index contributed by atoms with van der Waals surface area (Å²) < 4.78 is 55.3. The van der Waals surface area contributed by atoms with Gasteiger partial charge in [0.1, 0.15) is 10.6 Å². The van der Waals surface area contributed by atoms with Crippen molar-refractivity contribution in [2.24, 2.45) is 0 Å². The van der Waals surface area contributed by atoms with Gasteiger partial charge >= 0.3 is 0 Å². The lowest BCUT2D eigenvalue weighted by Crippen LogP contribution is -2.40. The highest BCUT2D eigenvalue weighted by Gasteiger charge is 2.39. The van der Waals surface area contributed by atoms with Gasteiger partial charge in [-0.25, -0.2) is 21.6 Å². The predicted octanol–water partition coefficient (Wildman–Crippen LogP) is 0.686. The summed E-state index contributed by atoms with van der Waals surface area (Å²) in [6, 6.07) is 3.90. The third kappa shape index (κ3) is 3.68. The first-order valence-corrected chi connectivity index (χ1v) is 9.90. The van der Waals surface area contributed by atoms with Crippen LogP contribution in [0.15, 0.2) is 23.1 Å². The quantitative estimate of drug-likeness (QED) is 0.804. The van der Waals surface area contributed by atoms with Crippen molar-refractivity contribution in [2.45, 2.75) is 23.2 Å². The summed E-state index contributed by atoms with van der Waals surface area (Å²) in [6.07, 6.45) is 0. The molecule has 0 spiro atoms. The second-order valence-corrected chi connectivity index (χ2v) is 9.37. The number of sulfone groups is 1. The molecule has 0 bridgehead atoms. The second kappa shape index (κ2) is 5.75. The van der Waals surface area contributed by atoms with Crippen LogP contribution in [0.4, 0.5) is 0 Å². The number of methoxy groups -OCH3 is 1. The molecular formula is C12H16ClNO5S2. The Labute approximate surface area is 129 Å². The smallest absolute Gasteiger partial charge is 0.244 e. The van der Waals surface area contributed by atoms with Gasteiger partial charge in [0.05, 0.1) is 30.0 Å². The van der Waals surface area contributed by atoms with Gasteiger partial charge in [0.15, 0.2) is 9.84 Å². The summed E-state index contributed by atoms with van der Waals surface area (Å²) in [5, 5.41) is -0.777. The highest BCUT2D eigenvalue weighted by atomic mass is 35.5.